The van der Waals surface area contributed by atoms with Gasteiger partial charge >= 0.3 is 0 Å². The number of aryl methyl sites for hydroxylation is 1. The van der Waals surface area contributed by atoms with Gasteiger partial charge in [-0.15, -0.1) is 0 Å². The predicted molar refractivity (Wildman–Crippen MR) is 124 cm³/mol. The number of aliphatic hydroxyl groups excluding tert-OH is 1. The minimum atomic E-state index is -0.409. The zero-order valence-electron chi connectivity index (χ0n) is 18.9. The lowest BCUT2D eigenvalue weighted by Gasteiger charge is -2.25. The van der Waals surface area contributed by atoms with E-state index in [0.29, 0.717) is 31.3 Å². The fourth-order valence-electron chi connectivity index (χ4n) is 3.92. The number of para-hydroxylation sites is 2. The Morgan fingerprint density at radius 2 is 1.84 bits per heavy atom. The van der Waals surface area contributed by atoms with Gasteiger partial charge in [0.1, 0.15) is 0 Å². The van der Waals surface area contributed by atoms with Crippen LogP contribution in [0.25, 0.3) is 5.69 Å². The van der Waals surface area contributed by atoms with Gasteiger partial charge in [-0.25, -0.2) is 9.07 Å². The second kappa shape index (κ2) is 10.3. The van der Waals surface area contributed by atoms with Gasteiger partial charge in [0.15, 0.2) is 11.6 Å². The molecule has 1 N–H and O–H groups in total. The highest BCUT2D eigenvalue weighted by Crippen LogP contribution is 2.35. The van der Waals surface area contributed by atoms with Crippen LogP contribution in [0, 0.1) is 11.7 Å². The maximum absolute atomic E-state index is 14.5. The van der Waals surface area contributed by atoms with E-state index < -0.39 is 5.82 Å². The van der Waals surface area contributed by atoms with E-state index in [9.17, 15) is 9.50 Å². The Morgan fingerprint density at radius 3 is 2.50 bits per heavy atom. The third-order valence-corrected chi connectivity index (χ3v) is 5.93. The number of rotatable bonds is 11. The van der Waals surface area contributed by atoms with Gasteiger partial charge in [-0.1, -0.05) is 44.2 Å². The molecule has 0 aliphatic heterocycles. The number of aromatic nitrogens is 2. The zero-order chi connectivity index (χ0) is 22.5. The van der Waals surface area contributed by atoms with E-state index in [1.54, 1.807) is 22.9 Å². The molecule has 1 aromatic heterocycles. The smallest absolute Gasteiger partial charge is 0.227 e. The summed E-state index contributed by atoms with van der Waals surface area (Å²) in [5, 5.41) is 15.2. The highest BCUT2D eigenvalue weighted by Gasteiger charge is 2.28. The van der Waals surface area contributed by atoms with Gasteiger partial charge in [0.25, 0.3) is 0 Å². The van der Waals surface area contributed by atoms with Crippen molar-refractivity contribution >= 4 is 0 Å². The molecule has 1 aliphatic rings. The molecule has 1 saturated carbocycles. The molecule has 1 atom stereocenters. The molecule has 5 nitrogen and oxygen atoms in total. The Labute approximate surface area is 189 Å². The van der Waals surface area contributed by atoms with Crippen molar-refractivity contribution in [2.75, 3.05) is 13.1 Å². The molecule has 4 rings (SSSR count). The molecule has 32 heavy (non-hydrogen) atoms. The van der Waals surface area contributed by atoms with Crippen molar-refractivity contribution in [2.24, 2.45) is 5.92 Å². The summed E-state index contributed by atoms with van der Waals surface area (Å²) >= 11 is 0. The maximum Gasteiger partial charge on any atom is 0.227 e. The normalized spacial score (nSPS) is 14.7. The summed E-state index contributed by atoms with van der Waals surface area (Å²) in [4.78, 5) is 2.30. The number of hydrogen-bond donors (Lipinski definition) is 1. The van der Waals surface area contributed by atoms with Crippen molar-refractivity contribution in [1.82, 2.24) is 14.7 Å². The predicted octanol–water partition coefficient (Wildman–Crippen LogP) is 5.35. The van der Waals surface area contributed by atoms with Crippen LogP contribution in [0.1, 0.15) is 44.4 Å². The lowest BCUT2D eigenvalue weighted by atomic mass is 10.1. The number of hydrogen-bond acceptors (Lipinski definition) is 4. The third-order valence-electron chi connectivity index (χ3n) is 5.93. The zero-order valence-corrected chi connectivity index (χ0v) is 18.9. The van der Waals surface area contributed by atoms with Gasteiger partial charge in [-0.2, -0.15) is 5.10 Å². The SMILES string of the molecule is CCc1nn(-c2ccccc2)c(Oc2ccccc2F)c1CN(CC1CC1)C[C@H](O)CC. The Morgan fingerprint density at radius 1 is 1.12 bits per heavy atom. The van der Waals surface area contributed by atoms with Crippen LogP contribution >= 0.6 is 0 Å². The molecule has 0 spiro atoms. The number of nitrogens with zero attached hydrogens (tertiary/aromatic N) is 3. The topological polar surface area (TPSA) is 50.5 Å². The van der Waals surface area contributed by atoms with Gasteiger partial charge in [0, 0.05) is 19.6 Å². The highest BCUT2D eigenvalue weighted by molar-refractivity contribution is 5.44. The first-order valence-electron chi connectivity index (χ1n) is 11.6. The summed E-state index contributed by atoms with van der Waals surface area (Å²) in [6.07, 6.45) is 3.54. The molecule has 0 radical (unpaired) electrons. The molecule has 0 unspecified atom stereocenters. The van der Waals surface area contributed by atoms with Crippen molar-refractivity contribution in [1.29, 1.82) is 0 Å². The molecular formula is C26H32FN3O2. The summed E-state index contributed by atoms with van der Waals surface area (Å²) in [5.41, 5.74) is 2.73. The van der Waals surface area contributed by atoms with Crippen LogP contribution in [-0.2, 0) is 13.0 Å². The van der Waals surface area contributed by atoms with Crippen LogP contribution in [0.3, 0.4) is 0 Å². The van der Waals surface area contributed by atoms with E-state index in [1.807, 2.05) is 37.3 Å². The highest BCUT2D eigenvalue weighted by atomic mass is 19.1. The second-order valence-electron chi connectivity index (χ2n) is 8.56. The molecule has 0 bridgehead atoms. The maximum atomic E-state index is 14.5. The third kappa shape index (κ3) is 5.37. The van der Waals surface area contributed by atoms with Gasteiger partial charge < -0.3 is 9.84 Å². The fraction of sp³-hybridized carbons (Fsp3) is 0.423. The molecule has 1 fully saturated rings. The van der Waals surface area contributed by atoms with E-state index in [1.165, 1.54) is 18.9 Å². The van der Waals surface area contributed by atoms with E-state index in [2.05, 4.69) is 11.8 Å². The van der Waals surface area contributed by atoms with Crippen LogP contribution in [0.2, 0.25) is 0 Å². The standard InChI is InChI=1S/C26H32FN3O2/c1-3-21(31)17-29(16-19-14-15-19)18-22-24(4-2)28-30(20-10-6-5-7-11-20)26(22)32-25-13-9-8-12-23(25)27/h5-13,19,21,31H,3-4,14-18H2,1-2H3/t21-/m1/s1. The molecule has 0 amide bonds. The average molecular weight is 438 g/mol. The van der Waals surface area contributed by atoms with E-state index in [-0.39, 0.29) is 11.9 Å². The summed E-state index contributed by atoms with van der Waals surface area (Å²) in [6.45, 7) is 6.22. The molecule has 2 aromatic carbocycles. The van der Waals surface area contributed by atoms with Gasteiger partial charge in [-0.3, -0.25) is 4.90 Å². The number of benzene rings is 2. The van der Waals surface area contributed by atoms with Crippen molar-refractivity contribution in [3.05, 3.63) is 71.7 Å². The number of ether oxygens (including phenoxy) is 1. The van der Waals surface area contributed by atoms with Gasteiger partial charge in [-0.05, 0) is 55.9 Å². The van der Waals surface area contributed by atoms with Crippen molar-refractivity contribution in [3.63, 3.8) is 0 Å². The molecule has 6 heteroatoms. The van der Waals surface area contributed by atoms with E-state index in [0.717, 1.165) is 29.9 Å². The quantitative estimate of drug-likeness (QED) is 0.439. The Balaban J connectivity index is 1.75. The van der Waals surface area contributed by atoms with Crippen molar-refractivity contribution in [2.45, 2.75) is 52.2 Å². The second-order valence-corrected chi connectivity index (χ2v) is 8.56. The largest absolute Gasteiger partial charge is 0.435 e. The Bertz CT molecular complexity index is 1020. The van der Waals surface area contributed by atoms with Gasteiger partial charge in [0.2, 0.25) is 5.88 Å². The Hall–Kier alpha value is -2.70. The fourth-order valence-corrected chi connectivity index (χ4v) is 3.92. The molecule has 1 aliphatic carbocycles. The minimum absolute atomic E-state index is 0.177. The van der Waals surface area contributed by atoms with Crippen LogP contribution in [0.15, 0.2) is 54.6 Å². The summed E-state index contributed by atoms with van der Waals surface area (Å²) < 4.78 is 22.5. The summed E-state index contributed by atoms with van der Waals surface area (Å²) in [5.74, 6) is 0.985. The van der Waals surface area contributed by atoms with Crippen LogP contribution in [-0.4, -0.2) is 39.0 Å². The first kappa shape index (κ1) is 22.5. The lowest BCUT2D eigenvalue weighted by molar-refractivity contribution is 0.102. The first-order chi connectivity index (χ1) is 15.6. The van der Waals surface area contributed by atoms with Gasteiger partial charge in [0.05, 0.1) is 23.0 Å². The van der Waals surface area contributed by atoms with Crippen LogP contribution < -0.4 is 4.74 Å². The molecule has 170 valence electrons. The summed E-state index contributed by atoms with van der Waals surface area (Å²) in [6, 6.07) is 16.2. The van der Waals surface area contributed by atoms with Crippen LogP contribution in [0.4, 0.5) is 4.39 Å². The monoisotopic (exact) mass is 437 g/mol. The molecule has 1 heterocycles. The van der Waals surface area contributed by atoms with E-state index >= 15 is 0 Å². The van der Waals surface area contributed by atoms with Crippen molar-refractivity contribution < 1.29 is 14.2 Å². The van der Waals surface area contributed by atoms with E-state index in [4.69, 9.17) is 9.84 Å². The Kier molecular flexibility index (Phi) is 7.22. The number of aliphatic hydroxyl groups is 1. The average Bonchev–Trinajstić information content (AvgIpc) is 3.56. The summed E-state index contributed by atoms with van der Waals surface area (Å²) in [7, 11) is 0. The molecule has 3 aromatic rings. The lowest BCUT2D eigenvalue weighted by Crippen LogP contribution is -2.33. The molecule has 0 saturated heterocycles. The molecular weight excluding hydrogens is 405 g/mol. The minimum Gasteiger partial charge on any atom is -0.435 e. The van der Waals surface area contributed by atoms with Crippen molar-refractivity contribution in [3.8, 4) is 17.3 Å². The number of halogens is 1. The first-order valence-corrected chi connectivity index (χ1v) is 11.6. The van der Waals surface area contributed by atoms with Crippen LogP contribution in [0.5, 0.6) is 11.6 Å².